The molecule has 1 heterocycles. The third kappa shape index (κ3) is 3.69. The molecule has 1 atom stereocenters. The fraction of sp³-hybridized carbons (Fsp3) is 0.250. The van der Waals surface area contributed by atoms with Crippen molar-refractivity contribution in [2.45, 2.75) is 31.2 Å². The van der Waals surface area contributed by atoms with Crippen molar-refractivity contribution in [3.8, 4) is 11.4 Å². The molecule has 0 saturated carbocycles. The number of rotatable bonds is 5. The number of Topliss-reactive ketones (excluding diaryl/α,β-unsaturated/α-hetero) is 1. The summed E-state index contributed by atoms with van der Waals surface area (Å²) in [7, 11) is 1.89. The highest BCUT2D eigenvalue weighted by Gasteiger charge is 2.22. The first kappa shape index (κ1) is 18.7. The number of halogens is 1. The zero-order valence-electron chi connectivity index (χ0n) is 15.2. The normalized spacial score (nSPS) is 12.2. The molecule has 1 aromatic heterocycles. The Balaban J connectivity index is 1.84. The first-order chi connectivity index (χ1) is 12.4. The lowest BCUT2D eigenvalue weighted by Crippen LogP contribution is -2.16. The molecule has 4 nitrogen and oxygen atoms in total. The molecule has 2 aromatic carbocycles. The Morgan fingerprint density at radius 2 is 1.88 bits per heavy atom. The Morgan fingerprint density at radius 3 is 2.62 bits per heavy atom. The number of benzene rings is 2. The summed E-state index contributed by atoms with van der Waals surface area (Å²) in [6, 6.07) is 13.5. The molecule has 26 heavy (non-hydrogen) atoms. The summed E-state index contributed by atoms with van der Waals surface area (Å²) in [6.45, 7) is 5.85. The largest absolute Gasteiger partial charge is 0.305 e. The van der Waals surface area contributed by atoms with Crippen molar-refractivity contribution >= 4 is 29.1 Å². The van der Waals surface area contributed by atoms with Gasteiger partial charge in [-0.25, -0.2) is 0 Å². The average molecular weight is 386 g/mol. The van der Waals surface area contributed by atoms with Gasteiger partial charge in [-0.2, -0.15) is 0 Å². The van der Waals surface area contributed by atoms with Gasteiger partial charge in [0.1, 0.15) is 0 Å². The predicted octanol–water partition coefficient (Wildman–Crippen LogP) is 5.12. The van der Waals surface area contributed by atoms with E-state index in [-0.39, 0.29) is 11.0 Å². The van der Waals surface area contributed by atoms with Gasteiger partial charge in [-0.3, -0.25) is 4.79 Å². The summed E-state index contributed by atoms with van der Waals surface area (Å²) in [5.74, 6) is 0.781. The van der Waals surface area contributed by atoms with E-state index in [1.54, 1.807) is 0 Å². The van der Waals surface area contributed by atoms with Crippen molar-refractivity contribution < 1.29 is 4.79 Å². The van der Waals surface area contributed by atoms with Crippen LogP contribution in [0.4, 0.5) is 0 Å². The van der Waals surface area contributed by atoms with E-state index in [1.165, 1.54) is 11.8 Å². The molecule has 3 rings (SSSR count). The topological polar surface area (TPSA) is 47.8 Å². The number of hydrogen-bond acceptors (Lipinski definition) is 4. The minimum absolute atomic E-state index is 0.0958. The van der Waals surface area contributed by atoms with Crippen LogP contribution in [0.3, 0.4) is 0 Å². The second kappa shape index (κ2) is 7.64. The number of ketones is 1. The van der Waals surface area contributed by atoms with Crippen molar-refractivity contribution in [1.82, 2.24) is 14.8 Å². The quantitative estimate of drug-likeness (QED) is 0.452. The maximum Gasteiger partial charge on any atom is 0.191 e. The van der Waals surface area contributed by atoms with Gasteiger partial charge in [0, 0.05) is 18.2 Å². The monoisotopic (exact) mass is 385 g/mol. The Hall–Kier alpha value is -2.11. The fourth-order valence-corrected chi connectivity index (χ4v) is 3.83. The molecule has 0 fully saturated rings. The number of aromatic nitrogens is 3. The average Bonchev–Trinajstić information content (AvgIpc) is 2.97. The first-order valence-electron chi connectivity index (χ1n) is 8.31. The molecular formula is C20H20ClN3OS. The maximum absolute atomic E-state index is 12.9. The van der Waals surface area contributed by atoms with Crippen molar-refractivity contribution in [2.24, 2.45) is 7.05 Å². The van der Waals surface area contributed by atoms with Crippen LogP contribution in [0, 0.1) is 13.8 Å². The summed E-state index contributed by atoms with van der Waals surface area (Å²) in [5.41, 5.74) is 3.65. The van der Waals surface area contributed by atoms with Crippen molar-refractivity contribution in [3.63, 3.8) is 0 Å². The molecular weight excluding hydrogens is 366 g/mol. The summed E-state index contributed by atoms with van der Waals surface area (Å²) >= 11 is 7.67. The van der Waals surface area contributed by atoms with Crippen LogP contribution < -0.4 is 0 Å². The highest BCUT2D eigenvalue weighted by Crippen LogP contribution is 2.30. The molecule has 134 valence electrons. The highest BCUT2D eigenvalue weighted by atomic mass is 35.5. The fourth-order valence-electron chi connectivity index (χ4n) is 2.73. The molecule has 0 N–H and O–H groups in total. The summed E-state index contributed by atoms with van der Waals surface area (Å²) in [5, 5.41) is 9.56. The summed E-state index contributed by atoms with van der Waals surface area (Å²) < 4.78 is 1.87. The summed E-state index contributed by atoms with van der Waals surface area (Å²) in [6.07, 6.45) is 0. The second-order valence-electron chi connectivity index (χ2n) is 6.29. The standard InChI is InChI=1S/C20H20ClN3OS/c1-12-9-10-13(2)16(11-12)18(25)14(3)26-20-23-22-19(24(20)4)15-7-5-6-8-17(15)21/h5-11,14H,1-4H3/t14-/m1/s1. The minimum Gasteiger partial charge on any atom is -0.305 e. The molecule has 0 unspecified atom stereocenters. The number of nitrogens with zero attached hydrogens (tertiary/aromatic N) is 3. The van der Waals surface area contributed by atoms with Gasteiger partial charge < -0.3 is 4.57 Å². The molecule has 0 saturated heterocycles. The molecule has 0 bridgehead atoms. The molecule has 6 heteroatoms. The molecule has 0 aliphatic rings. The Morgan fingerprint density at radius 1 is 1.15 bits per heavy atom. The highest BCUT2D eigenvalue weighted by molar-refractivity contribution is 8.00. The molecule has 0 spiro atoms. The van der Waals surface area contributed by atoms with Crippen molar-refractivity contribution in [3.05, 3.63) is 64.2 Å². The molecule has 0 radical (unpaired) electrons. The summed E-state index contributed by atoms with van der Waals surface area (Å²) in [4.78, 5) is 12.9. The van der Waals surface area contributed by atoms with E-state index in [1.807, 2.05) is 74.9 Å². The predicted molar refractivity (Wildman–Crippen MR) is 107 cm³/mol. The van der Waals surface area contributed by atoms with E-state index in [4.69, 9.17) is 11.6 Å². The SMILES string of the molecule is Cc1ccc(C)c(C(=O)[C@@H](C)Sc2nnc(-c3ccccc3Cl)n2C)c1. The van der Waals surface area contributed by atoms with Crippen LogP contribution in [-0.2, 0) is 7.05 Å². The number of thioether (sulfide) groups is 1. The van der Waals surface area contributed by atoms with Crippen LogP contribution >= 0.6 is 23.4 Å². The van der Waals surface area contributed by atoms with Gasteiger partial charge in [0.05, 0.1) is 10.3 Å². The lowest BCUT2D eigenvalue weighted by Gasteiger charge is -2.12. The molecule has 0 aliphatic heterocycles. The van der Waals surface area contributed by atoms with Gasteiger partial charge in [-0.05, 0) is 44.5 Å². The van der Waals surface area contributed by atoms with Crippen LogP contribution in [0.15, 0.2) is 47.6 Å². The molecule has 0 aliphatic carbocycles. The first-order valence-corrected chi connectivity index (χ1v) is 9.56. The van der Waals surface area contributed by atoms with Crippen LogP contribution in [0.2, 0.25) is 5.02 Å². The minimum atomic E-state index is -0.266. The third-order valence-corrected chi connectivity index (χ3v) is 5.72. The number of carbonyl (C=O) groups excluding carboxylic acids is 1. The maximum atomic E-state index is 12.9. The van der Waals surface area contributed by atoms with Crippen LogP contribution in [0.1, 0.15) is 28.4 Å². The van der Waals surface area contributed by atoms with E-state index in [9.17, 15) is 4.79 Å². The zero-order chi connectivity index (χ0) is 18.8. The van der Waals surface area contributed by atoms with Gasteiger partial charge in [-0.15, -0.1) is 10.2 Å². The van der Waals surface area contributed by atoms with E-state index in [2.05, 4.69) is 10.2 Å². The Labute approximate surface area is 162 Å². The Bertz CT molecular complexity index is 967. The zero-order valence-corrected chi connectivity index (χ0v) is 16.7. The molecule has 3 aromatic rings. The van der Waals surface area contributed by atoms with Gasteiger partial charge in [0.15, 0.2) is 16.8 Å². The van der Waals surface area contributed by atoms with Crippen molar-refractivity contribution in [1.29, 1.82) is 0 Å². The van der Waals surface area contributed by atoms with E-state index in [0.29, 0.717) is 16.0 Å². The molecule has 0 amide bonds. The van der Waals surface area contributed by atoms with Crippen LogP contribution in [-0.4, -0.2) is 25.8 Å². The van der Waals surface area contributed by atoms with Crippen LogP contribution in [0.25, 0.3) is 11.4 Å². The second-order valence-corrected chi connectivity index (χ2v) is 8.00. The lowest BCUT2D eigenvalue weighted by atomic mass is 10.0. The van der Waals surface area contributed by atoms with E-state index >= 15 is 0 Å². The van der Waals surface area contributed by atoms with Gasteiger partial charge >= 0.3 is 0 Å². The third-order valence-electron chi connectivity index (χ3n) is 4.26. The smallest absolute Gasteiger partial charge is 0.191 e. The van der Waals surface area contributed by atoms with Gasteiger partial charge in [-0.1, -0.05) is 53.2 Å². The van der Waals surface area contributed by atoms with Gasteiger partial charge in [0.2, 0.25) is 0 Å². The van der Waals surface area contributed by atoms with E-state index in [0.717, 1.165) is 22.3 Å². The number of aryl methyl sites for hydroxylation is 2. The number of carbonyl (C=O) groups is 1. The Kier molecular flexibility index (Phi) is 5.49. The lowest BCUT2D eigenvalue weighted by molar-refractivity contribution is 0.0993. The van der Waals surface area contributed by atoms with E-state index < -0.39 is 0 Å². The van der Waals surface area contributed by atoms with Crippen molar-refractivity contribution in [2.75, 3.05) is 0 Å². The number of hydrogen-bond donors (Lipinski definition) is 0. The van der Waals surface area contributed by atoms with Crippen LogP contribution in [0.5, 0.6) is 0 Å². The van der Waals surface area contributed by atoms with Gasteiger partial charge in [0.25, 0.3) is 0 Å².